The summed E-state index contributed by atoms with van der Waals surface area (Å²) in [6, 6.07) is 0. The van der Waals surface area contributed by atoms with Gasteiger partial charge in [0.05, 0.1) is 18.6 Å². The van der Waals surface area contributed by atoms with E-state index in [0.717, 1.165) is 70.5 Å². The van der Waals surface area contributed by atoms with Gasteiger partial charge >= 0.3 is 5.97 Å². The Labute approximate surface area is 133 Å². The highest BCUT2D eigenvalue weighted by atomic mass is 16.7. The average molecular weight is 310 g/mol. The van der Waals surface area contributed by atoms with Crippen molar-refractivity contribution in [3.63, 3.8) is 0 Å². The van der Waals surface area contributed by atoms with Crippen LogP contribution < -0.4 is 0 Å². The fraction of sp³-hybridized carbons (Fsp3) is 0.944. The molecule has 0 amide bonds. The third-order valence-electron chi connectivity index (χ3n) is 6.30. The Hall–Kier alpha value is -0.610. The number of hydrogen-bond donors (Lipinski definition) is 1. The summed E-state index contributed by atoms with van der Waals surface area (Å²) in [6.45, 7) is 1.47. The first-order valence-corrected chi connectivity index (χ1v) is 9.17. The van der Waals surface area contributed by atoms with Gasteiger partial charge in [0, 0.05) is 0 Å². The van der Waals surface area contributed by atoms with Gasteiger partial charge in [-0.05, 0) is 50.4 Å². The fourth-order valence-corrected chi connectivity index (χ4v) is 4.93. The largest absolute Gasteiger partial charge is 0.481 e. The van der Waals surface area contributed by atoms with E-state index in [0.29, 0.717) is 5.92 Å². The fourth-order valence-electron chi connectivity index (χ4n) is 4.93. The van der Waals surface area contributed by atoms with Crippen LogP contribution in [0.25, 0.3) is 0 Å². The second kappa shape index (κ2) is 7.31. The van der Waals surface area contributed by atoms with Gasteiger partial charge in [-0.25, -0.2) is 0 Å². The molecule has 0 atom stereocenters. The molecular weight excluding hydrogens is 280 g/mol. The molecule has 0 bridgehead atoms. The minimum absolute atomic E-state index is 0.0152. The molecule has 3 fully saturated rings. The average Bonchev–Trinajstić information content (AvgIpc) is 3.07. The Bertz CT molecular complexity index is 361. The van der Waals surface area contributed by atoms with Crippen LogP contribution in [0.4, 0.5) is 0 Å². The van der Waals surface area contributed by atoms with Crippen molar-refractivity contribution >= 4 is 5.97 Å². The van der Waals surface area contributed by atoms with Crippen molar-refractivity contribution in [3.8, 4) is 0 Å². The lowest BCUT2D eigenvalue weighted by molar-refractivity contribution is -0.157. The van der Waals surface area contributed by atoms with Crippen molar-refractivity contribution in [1.29, 1.82) is 0 Å². The highest BCUT2D eigenvalue weighted by Gasteiger charge is 2.47. The predicted molar refractivity (Wildman–Crippen MR) is 83.5 cm³/mol. The van der Waals surface area contributed by atoms with Crippen LogP contribution in [0.5, 0.6) is 0 Å². The maximum absolute atomic E-state index is 11.9. The van der Waals surface area contributed by atoms with Crippen LogP contribution in [0.1, 0.15) is 70.6 Å². The van der Waals surface area contributed by atoms with Gasteiger partial charge in [-0.15, -0.1) is 0 Å². The molecule has 22 heavy (non-hydrogen) atoms. The summed E-state index contributed by atoms with van der Waals surface area (Å²) in [6.07, 6.45) is 12.0. The van der Waals surface area contributed by atoms with Crippen LogP contribution in [0.15, 0.2) is 0 Å². The van der Waals surface area contributed by atoms with Crippen molar-refractivity contribution in [2.75, 3.05) is 13.2 Å². The molecular formula is C18H30O4. The van der Waals surface area contributed by atoms with E-state index in [2.05, 4.69) is 0 Å². The standard InChI is InChI=1S/C18H30O4/c19-17(20)18(10-2-1-3-11-18)15-7-4-14(5-8-15)6-9-16-21-12-13-22-16/h14-16H,1-13H2,(H,19,20). The number of rotatable bonds is 5. The molecule has 4 nitrogen and oxygen atoms in total. The molecule has 2 saturated carbocycles. The summed E-state index contributed by atoms with van der Waals surface area (Å²) in [5.74, 6) is 0.613. The van der Waals surface area contributed by atoms with E-state index in [-0.39, 0.29) is 6.29 Å². The van der Waals surface area contributed by atoms with Crippen molar-refractivity contribution in [2.45, 2.75) is 76.9 Å². The Morgan fingerprint density at radius 1 is 0.955 bits per heavy atom. The molecule has 4 heteroatoms. The summed E-state index contributed by atoms with van der Waals surface area (Å²) >= 11 is 0. The van der Waals surface area contributed by atoms with Crippen LogP contribution >= 0.6 is 0 Å². The summed E-state index contributed by atoms with van der Waals surface area (Å²) in [5.41, 5.74) is -0.402. The first kappa shape index (κ1) is 16.3. The number of aliphatic carboxylic acids is 1. The van der Waals surface area contributed by atoms with E-state index in [9.17, 15) is 9.90 Å². The zero-order valence-electron chi connectivity index (χ0n) is 13.6. The van der Waals surface area contributed by atoms with E-state index < -0.39 is 11.4 Å². The van der Waals surface area contributed by atoms with Gasteiger partial charge in [-0.3, -0.25) is 4.79 Å². The lowest BCUT2D eigenvalue weighted by Gasteiger charge is -2.43. The molecule has 3 rings (SSSR count). The van der Waals surface area contributed by atoms with E-state index in [1.807, 2.05) is 0 Å². The summed E-state index contributed by atoms with van der Waals surface area (Å²) in [5, 5.41) is 9.82. The molecule has 0 spiro atoms. The number of carboxylic acid groups (broad SMARTS) is 1. The third kappa shape index (κ3) is 3.48. The monoisotopic (exact) mass is 310 g/mol. The molecule has 0 aromatic heterocycles. The van der Waals surface area contributed by atoms with Gasteiger partial charge in [-0.2, -0.15) is 0 Å². The van der Waals surface area contributed by atoms with Crippen LogP contribution in [-0.2, 0) is 14.3 Å². The second-order valence-electron chi connectivity index (χ2n) is 7.49. The number of carboxylic acids is 1. The summed E-state index contributed by atoms with van der Waals surface area (Å²) < 4.78 is 11.0. The van der Waals surface area contributed by atoms with Crippen molar-refractivity contribution in [2.24, 2.45) is 17.3 Å². The topological polar surface area (TPSA) is 55.8 Å². The Balaban J connectivity index is 1.48. The van der Waals surface area contributed by atoms with E-state index in [1.54, 1.807) is 0 Å². The zero-order valence-corrected chi connectivity index (χ0v) is 13.6. The number of ether oxygens (including phenoxy) is 2. The number of carbonyl (C=O) groups is 1. The molecule has 126 valence electrons. The molecule has 1 aliphatic heterocycles. The van der Waals surface area contributed by atoms with Crippen molar-refractivity contribution in [3.05, 3.63) is 0 Å². The van der Waals surface area contributed by atoms with Gasteiger partial charge in [0.25, 0.3) is 0 Å². The van der Waals surface area contributed by atoms with Crippen LogP contribution in [-0.4, -0.2) is 30.6 Å². The Kier molecular flexibility index (Phi) is 5.40. The maximum atomic E-state index is 11.9. The lowest BCUT2D eigenvalue weighted by Crippen LogP contribution is -2.42. The second-order valence-corrected chi connectivity index (χ2v) is 7.49. The summed E-state index contributed by atoms with van der Waals surface area (Å²) in [7, 11) is 0. The van der Waals surface area contributed by atoms with Crippen LogP contribution in [0.2, 0.25) is 0 Å². The van der Waals surface area contributed by atoms with Gasteiger partial charge in [0.2, 0.25) is 0 Å². The quantitative estimate of drug-likeness (QED) is 0.834. The zero-order chi connectivity index (χ0) is 15.4. The first-order chi connectivity index (χ1) is 10.7. The smallest absolute Gasteiger partial charge is 0.309 e. The SMILES string of the molecule is O=C(O)C1(C2CCC(CCC3OCCO3)CC2)CCCCC1. The first-order valence-electron chi connectivity index (χ1n) is 9.17. The molecule has 0 radical (unpaired) electrons. The molecule has 0 aromatic rings. The molecule has 1 heterocycles. The van der Waals surface area contributed by atoms with Crippen LogP contribution in [0, 0.1) is 17.3 Å². The van der Waals surface area contributed by atoms with Gasteiger partial charge in [0.1, 0.15) is 0 Å². The van der Waals surface area contributed by atoms with E-state index in [1.165, 1.54) is 19.3 Å². The Morgan fingerprint density at radius 3 is 2.18 bits per heavy atom. The van der Waals surface area contributed by atoms with Crippen molar-refractivity contribution in [1.82, 2.24) is 0 Å². The Morgan fingerprint density at radius 2 is 1.59 bits per heavy atom. The molecule has 2 aliphatic carbocycles. The highest BCUT2D eigenvalue weighted by molar-refractivity contribution is 5.75. The minimum Gasteiger partial charge on any atom is -0.481 e. The van der Waals surface area contributed by atoms with Crippen LogP contribution in [0.3, 0.4) is 0 Å². The third-order valence-corrected chi connectivity index (χ3v) is 6.30. The van der Waals surface area contributed by atoms with E-state index in [4.69, 9.17) is 9.47 Å². The minimum atomic E-state index is -0.525. The highest BCUT2D eigenvalue weighted by Crippen LogP contribution is 2.49. The van der Waals surface area contributed by atoms with Gasteiger partial charge in [-0.1, -0.05) is 32.1 Å². The number of hydrogen-bond acceptors (Lipinski definition) is 3. The van der Waals surface area contributed by atoms with E-state index >= 15 is 0 Å². The molecule has 0 aromatic carbocycles. The molecule has 0 unspecified atom stereocenters. The van der Waals surface area contributed by atoms with Crippen molar-refractivity contribution < 1.29 is 19.4 Å². The van der Waals surface area contributed by atoms with Gasteiger partial charge < -0.3 is 14.6 Å². The van der Waals surface area contributed by atoms with Gasteiger partial charge in [0.15, 0.2) is 6.29 Å². The lowest BCUT2D eigenvalue weighted by atomic mass is 9.60. The molecule has 3 aliphatic rings. The maximum Gasteiger partial charge on any atom is 0.309 e. The molecule has 1 N–H and O–H groups in total. The molecule has 1 saturated heterocycles. The normalized spacial score (nSPS) is 32.9. The predicted octanol–water partition coefficient (Wildman–Crippen LogP) is 3.98. The summed E-state index contributed by atoms with van der Waals surface area (Å²) in [4.78, 5) is 11.9.